The van der Waals surface area contributed by atoms with Crippen molar-refractivity contribution < 1.29 is 4.79 Å². The number of rotatable bonds is 3. The lowest BCUT2D eigenvalue weighted by molar-refractivity contribution is 0.0293. The summed E-state index contributed by atoms with van der Waals surface area (Å²) in [5, 5.41) is 8.33. The van der Waals surface area contributed by atoms with Crippen LogP contribution in [0.5, 0.6) is 0 Å². The molecule has 0 saturated carbocycles. The van der Waals surface area contributed by atoms with Crippen LogP contribution >= 0.6 is 11.3 Å². The minimum atomic E-state index is -0.0861. The minimum Gasteiger partial charge on any atom is -0.335 e. The van der Waals surface area contributed by atoms with Gasteiger partial charge in [0.1, 0.15) is 12.2 Å². The Morgan fingerprint density at radius 2 is 2.21 bits per heavy atom. The zero-order valence-corrected chi connectivity index (χ0v) is 16.3. The molecule has 1 amide bonds. The predicted molar refractivity (Wildman–Crippen MR) is 109 cm³/mol. The highest BCUT2D eigenvalue weighted by Crippen LogP contribution is 2.31. The summed E-state index contributed by atoms with van der Waals surface area (Å²) in [6.07, 6.45) is 9.15. The van der Waals surface area contributed by atoms with Crippen molar-refractivity contribution in [3.05, 3.63) is 47.4 Å². The van der Waals surface area contributed by atoms with E-state index in [9.17, 15) is 4.79 Å². The SMILES string of the molecule is O=C(NC1CC2CCN1CC2)c1cc2cc(C#CCn3cccn3)sc2cn1. The van der Waals surface area contributed by atoms with Crippen LogP contribution in [0.4, 0.5) is 0 Å². The second-order valence-electron chi connectivity index (χ2n) is 7.43. The molecule has 3 aliphatic heterocycles. The molecule has 3 aromatic heterocycles. The van der Waals surface area contributed by atoms with E-state index in [1.54, 1.807) is 28.4 Å². The molecule has 1 N–H and O–H groups in total. The smallest absolute Gasteiger partial charge is 0.271 e. The average Bonchev–Trinajstić information content (AvgIpc) is 3.37. The van der Waals surface area contributed by atoms with Crippen molar-refractivity contribution in [3.8, 4) is 11.8 Å². The molecule has 3 aromatic rings. The molecule has 3 aliphatic rings. The fourth-order valence-corrected chi connectivity index (χ4v) is 4.96. The van der Waals surface area contributed by atoms with E-state index in [1.165, 1.54) is 12.8 Å². The van der Waals surface area contributed by atoms with Crippen molar-refractivity contribution >= 4 is 27.3 Å². The van der Waals surface area contributed by atoms with E-state index < -0.39 is 0 Å². The van der Waals surface area contributed by atoms with Gasteiger partial charge in [0.15, 0.2) is 0 Å². The summed E-state index contributed by atoms with van der Waals surface area (Å²) in [4.78, 5) is 20.4. The van der Waals surface area contributed by atoms with Crippen molar-refractivity contribution in [2.45, 2.75) is 32.0 Å². The van der Waals surface area contributed by atoms with E-state index in [0.717, 1.165) is 40.4 Å². The lowest BCUT2D eigenvalue weighted by Crippen LogP contribution is -2.56. The number of piperidine rings is 3. The van der Waals surface area contributed by atoms with Gasteiger partial charge in [0.05, 0.1) is 15.7 Å². The molecule has 0 radical (unpaired) electrons. The third-order valence-corrected chi connectivity index (χ3v) is 6.59. The summed E-state index contributed by atoms with van der Waals surface area (Å²) in [5.41, 5.74) is 0.476. The maximum Gasteiger partial charge on any atom is 0.271 e. The number of nitrogens with zero attached hydrogens (tertiary/aromatic N) is 4. The van der Waals surface area contributed by atoms with E-state index in [4.69, 9.17) is 0 Å². The van der Waals surface area contributed by atoms with Gasteiger partial charge < -0.3 is 5.32 Å². The Hall–Kier alpha value is -2.69. The number of hydrogen-bond acceptors (Lipinski definition) is 5. The Kier molecular flexibility index (Phi) is 4.59. The van der Waals surface area contributed by atoms with Crippen LogP contribution in [0, 0.1) is 17.8 Å². The van der Waals surface area contributed by atoms with Crippen LogP contribution in [0.25, 0.3) is 10.1 Å². The molecule has 6 rings (SSSR count). The summed E-state index contributed by atoms with van der Waals surface area (Å²) in [7, 11) is 0. The Labute approximate surface area is 167 Å². The molecule has 6 nitrogen and oxygen atoms in total. The van der Waals surface area contributed by atoms with E-state index in [0.29, 0.717) is 12.2 Å². The van der Waals surface area contributed by atoms with Crippen LogP contribution < -0.4 is 5.32 Å². The van der Waals surface area contributed by atoms with Gasteiger partial charge in [0.2, 0.25) is 0 Å². The molecule has 2 bridgehead atoms. The number of aromatic nitrogens is 3. The molecular weight excluding hydrogens is 370 g/mol. The summed E-state index contributed by atoms with van der Waals surface area (Å²) in [6, 6.07) is 5.78. The Morgan fingerprint density at radius 3 is 2.96 bits per heavy atom. The van der Waals surface area contributed by atoms with Crippen LogP contribution in [0.3, 0.4) is 0 Å². The molecule has 3 fully saturated rings. The summed E-state index contributed by atoms with van der Waals surface area (Å²) < 4.78 is 2.83. The van der Waals surface area contributed by atoms with Crippen molar-refractivity contribution in [2.75, 3.05) is 13.1 Å². The highest BCUT2D eigenvalue weighted by molar-refractivity contribution is 7.19. The van der Waals surface area contributed by atoms with Crippen molar-refractivity contribution in [1.82, 2.24) is 25.0 Å². The first-order valence-electron chi connectivity index (χ1n) is 9.65. The van der Waals surface area contributed by atoms with Crippen molar-refractivity contribution in [1.29, 1.82) is 0 Å². The van der Waals surface area contributed by atoms with Gasteiger partial charge in [0.25, 0.3) is 5.91 Å². The summed E-state index contributed by atoms with van der Waals surface area (Å²) >= 11 is 1.59. The van der Waals surface area contributed by atoms with Gasteiger partial charge in [-0.1, -0.05) is 11.8 Å². The van der Waals surface area contributed by atoms with Gasteiger partial charge in [0, 0.05) is 31.7 Å². The van der Waals surface area contributed by atoms with Crippen LogP contribution in [0.2, 0.25) is 0 Å². The summed E-state index contributed by atoms with van der Waals surface area (Å²) in [5.74, 6) is 6.97. The second-order valence-corrected chi connectivity index (χ2v) is 8.51. The topological polar surface area (TPSA) is 63.1 Å². The molecule has 1 atom stereocenters. The molecule has 0 aromatic carbocycles. The van der Waals surface area contributed by atoms with Gasteiger partial charge in [-0.15, -0.1) is 11.3 Å². The fraction of sp³-hybridized carbons (Fsp3) is 0.381. The van der Waals surface area contributed by atoms with Gasteiger partial charge in [-0.2, -0.15) is 5.10 Å². The van der Waals surface area contributed by atoms with Crippen molar-refractivity contribution in [2.24, 2.45) is 5.92 Å². The molecule has 3 saturated heterocycles. The molecule has 0 aliphatic carbocycles. The second kappa shape index (κ2) is 7.38. The first-order valence-corrected chi connectivity index (χ1v) is 10.5. The number of pyridine rings is 1. The monoisotopic (exact) mass is 391 g/mol. The van der Waals surface area contributed by atoms with Gasteiger partial charge in [-0.3, -0.25) is 14.4 Å². The Balaban J connectivity index is 1.29. The molecular formula is C21H21N5OS. The number of fused-ring (bicyclic) bond motifs is 4. The largest absolute Gasteiger partial charge is 0.335 e. The number of carbonyl (C=O) groups excluding carboxylic acids is 1. The Morgan fingerprint density at radius 1 is 1.32 bits per heavy atom. The van der Waals surface area contributed by atoms with Crippen LogP contribution in [-0.4, -0.2) is 44.8 Å². The fourth-order valence-electron chi connectivity index (χ4n) is 4.07. The third kappa shape index (κ3) is 3.53. The molecule has 28 heavy (non-hydrogen) atoms. The number of thiophene rings is 1. The average molecular weight is 392 g/mol. The predicted octanol–water partition coefficient (Wildman–Crippen LogP) is 2.72. The van der Waals surface area contributed by atoms with Gasteiger partial charge in [-0.05, 0) is 48.8 Å². The summed E-state index contributed by atoms with van der Waals surface area (Å²) in [6.45, 7) is 2.74. The number of carbonyl (C=O) groups is 1. The molecule has 142 valence electrons. The van der Waals surface area contributed by atoms with E-state index in [-0.39, 0.29) is 12.1 Å². The van der Waals surface area contributed by atoms with Crippen LogP contribution in [0.15, 0.2) is 36.8 Å². The number of amides is 1. The number of nitrogens with one attached hydrogen (secondary N) is 1. The molecule has 1 unspecified atom stereocenters. The lowest BCUT2D eigenvalue weighted by Gasteiger charge is -2.45. The molecule has 6 heterocycles. The Bertz CT molecular complexity index is 1050. The maximum absolute atomic E-state index is 12.7. The maximum atomic E-state index is 12.7. The zero-order chi connectivity index (χ0) is 18.9. The lowest BCUT2D eigenvalue weighted by atomic mass is 9.86. The van der Waals surface area contributed by atoms with E-state index in [2.05, 4.69) is 32.1 Å². The standard InChI is InChI=1S/C21H21N5OS/c27-21(24-20-11-15-4-9-25(20)10-5-15)18-13-16-12-17(28-19(16)14-22-18)3-1-7-26-8-2-6-23-26/h2,6,8,12-15,20H,4-5,7,9-11H2,(H,24,27). The highest BCUT2D eigenvalue weighted by atomic mass is 32.1. The molecule has 0 spiro atoms. The van der Waals surface area contributed by atoms with Crippen molar-refractivity contribution in [3.63, 3.8) is 0 Å². The van der Waals surface area contributed by atoms with E-state index >= 15 is 0 Å². The first kappa shape index (κ1) is 17.4. The van der Waals surface area contributed by atoms with E-state index in [1.807, 2.05) is 24.4 Å². The molecule has 7 heteroatoms. The van der Waals surface area contributed by atoms with Crippen LogP contribution in [0.1, 0.15) is 34.6 Å². The van der Waals surface area contributed by atoms with Gasteiger partial charge >= 0.3 is 0 Å². The highest BCUT2D eigenvalue weighted by Gasteiger charge is 2.34. The quantitative estimate of drug-likeness (QED) is 0.698. The normalized spacial score (nSPS) is 23.4. The first-order chi connectivity index (χ1) is 13.7. The van der Waals surface area contributed by atoms with Crippen LogP contribution in [-0.2, 0) is 6.54 Å². The number of hydrogen-bond donors (Lipinski definition) is 1. The zero-order valence-electron chi connectivity index (χ0n) is 15.5. The third-order valence-electron chi connectivity index (χ3n) is 5.59. The van der Waals surface area contributed by atoms with Gasteiger partial charge in [-0.25, -0.2) is 4.98 Å². The minimum absolute atomic E-state index is 0.0861.